The maximum absolute atomic E-state index is 13.8. The molecule has 0 saturated heterocycles. The minimum atomic E-state index is -4.54. The standard InChI is InChI=1S/C26H19BrCl2F3N5O2/c27-14-6-4-13(5-7-14)21-19(22(38)33-16-2-1-3-16)20(36-37(21)18-9-8-15(28)12-17(18)29)23-34-35-24(39-23)25(10-11-25)26(30,31)32/h4-9,12,16H,1-3,10-11H2,(H,33,38). The van der Waals surface area contributed by atoms with Gasteiger partial charge in [-0.2, -0.15) is 18.3 Å². The van der Waals surface area contributed by atoms with Crippen LogP contribution in [0, 0.1) is 0 Å². The van der Waals surface area contributed by atoms with Crippen LogP contribution >= 0.6 is 39.1 Å². The topological polar surface area (TPSA) is 85.8 Å². The van der Waals surface area contributed by atoms with Gasteiger partial charge in [0.1, 0.15) is 5.41 Å². The molecule has 2 aliphatic rings. The molecule has 6 rings (SSSR count). The highest BCUT2D eigenvalue weighted by Crippen LogP contribution is 2.58. The average Bonchev–Trinajstić information content (AvgIpc) is 3.38. The average molecular weight is 641 g/mol. The Kier molecular flexibility index (Phi) is 6.51. The van der Waals surface area contributed by atoms with E-state index in [1.54, 1.807) is 36.4 Å². The number of halogens is 6. The van der Waals surface area contributed by atoms with Gasteiger partial charge in [-0.1, -0.05) is 51.3 Å². The van der Waals surface area contributed by atoms with Gasteiger partial charge in [-0.05, 0) is 62.4 Å². The number of carbonyl (C=O) groups is 1. The Labute approximate surface area is 238 Å². The lowest BCUT2D eigenvalue weighted by atomic mass is 9.92. The van der Waals surface area contributed by atoms with E-state index in [9.17, 15) is 18.0 Å². The summed E-state index contributed by atoms with van der Waals surface area (Å²) in [6, 6.07) is 11.9. The quantitative estimate of drug-likeness (QED) is 0.235. The number of hydrogen-bond donors (Lipinski definition) is 1. The summed E-state index contributed by atoms with van der Waals surface area (Å²) in [4.78, 5) is 13.8. The summed E-state index contributed by atoms with van der Waals surface area (Å²) in [7, 11) is 0. The Morgan fingerprint density at radius 2 is 1.82 bits per heavy atom. The van der Waals surface area contributed by atoms with Crippen molar-refractivity contribution in [1.29, 1.82) is 0 Å². The van der Waals surface area contributed by atoms with E-state index in [0.29, 0.717) is 22.0 Å². The van der Waals surface area contributed by atoms with Gasteiger partial charge in [0.05, 0.1) is 22.0 Å². The Morgan fingerprint density at radius 1 is 1.10 bits per heavy atom. The van der Waals surface area contributed by atoms with Gasteiger partial charge in [-0.3, -0.25) is 4.79 Å². The molecule has 39 heavy (non-hydrogen) atoms. The summed E-state index contributed by atoms with van der Waals surface area (Å²) in [5.74, 6) is -1.29. The third kappa shape index (κ3) is 4.64. The van der Waals surface area contributed by atoms with Crippen molar-refractivity contribution in [3.8, 4) is 28.5 Å². The normalized spacial score (nSPS) is 16.7. The van der Waals surface area contributed by atoms with Gasteiger partial charge in [0.15, 0.2) is 5.69 Å². The predicted octanol–water partition coefficient (Wildman–Crippen LogP) is 7.53. The number of benzene rings is 2. The largest absolute Gasteiger partial charge is 0.418 e. The molecule has 7 nitrogen and oxygen atoms in total. The van der Waals surface area contributed by atoms with Crippen LogP contribution in [0.1, 0.15) is 48.4 Å². The second-order valence-electron chi connectivity index (χ2n) is 9.68. The second kappa shape index (κ2) is 9.64. The molecule has 4 aromatic rings. The van der Waals surface area contributed by atoms with Crippen LogP contribution in [0.4, 0.5) is 13.2 Å². The number of hydrogen-bond acceptors (Lipinski definition) is 5. The van der Waals surface area contributed by atoms with E-state index in [2.05, 4.69) is 36.5 Å². The first-order valence-corrected chi connectivity index (χ1v) is 13.7. The maximum Gasteiger partial charge on any atom is 0.403 e. The van der Waals surface area contributed by atoms with Gasteiger partial charge in [0, 0.05) is 21.1 Å². The first-order valence-electron chi connectivity index (χ1n) is 12.1. The number of carbonyl (C=O) groups excluding carboxylic acids is 1. The van der Waals surface area contributed by atoms with Gasteiger partial charge < -0.3 is 9.73 Å². The predicted molar refractivity (Wildman–Crippen MR) is 142 cm³/mol. The zero-order valence-corrected chi connectivity index (χ0v) is 23.1. The van der Waals surface area contributed by atoms with Crippen LogP contribution in [0.5, 0.6) is 0 Å². The summed E-state index contributed by atoms with van der Waals surface area (Å²) in [5.41, 5.74) is -0.777. The molecule has 0 atom stereocenters. The van der Waals surface area contributed by atoms with Gasteiger partial charge in [0.25, 0.3) is 11.8 Å². The zero-order valence-electron chi connectivity index (χ0n) is 20.0. The Morgan fingerprint density at radius 3 is 2.41 bits per heavy atom. The fourth-order valence-electron chi connectivity index (χ4n) is 4.55. The fraction of sp³-hybridized carbons (Fsp3) is 0.308. The highest BCUT2D eigenvalue weighted by molar-refractivity contribution is 9.10. The molecule has 2 aliphatic carbocycles. The number of amides is 1. The molecule has 0 spiro atoms. The monoisotopic (exact) mass is 639 g/mol. The smallest absolute Gasteiger partial charge is 0.403 e. The molecule has 13 heteroatoms. The minimum Gasteiger partial charge on any atom is -0.418 e. The molecule has 0 radical (unpaired) electrons. The third-order valence-electron chi connectivity index (χ3n) is 7.14. The highest BCUT2D eigenvalue weighted by Gasteiger charge is 2.68. The lowest BCUT2D eigenvalue weighted by molar-refractivity contribution is -0.165. The lowest BCUT2D eigenvalue weighted by Crippen LogP contribution is -2.39. The number of rotatable bonds is 6. The zero-order chi connectivity index (χ0) is 27.5. The highest BCUT2D eigenvalue weighted by atomic mass is 79.9. The molecule has 2 aromatic heterocycles. The van der Waals surface area contributed by atoms with Crippen LogP contribution in [-0.4, -0.2) is 38.1 Å². The van der Waals surface area contributed by atoms with Crippen molar-refractivity contribution in [1.82, 2.24) is 25.3 Å². The van der Waals surface area contributed by atoms with Gasteiger partial charge in [0.2, 0.25) is 5.89 Å². The number of nitrogens with one attached hydrogen (secondary N) is 1. The molecule has 0 bridgehead atoms. The maximum atomic E-state index is 13.8. The first kappa shape index (κ1) is 26.3. The Balaban J connectivity index is 1.58. The molecule has 0 aliphatic heterocycles. The molecule has 1 N–H and O–H groups in total. The Bertz CT molecular complexity index is 1580. The van der Waals surface area contributed by atoms with Crippen molar-refractivity contribution in [2.24, 2.45) is 0 Å². The van der Waals surface area contributed by atoms with Gasteiger partial charge in [-0.25, -0.2) is 4.68 Å². The van der Waals surface area contributed by atoms with Crippen LogP contribution in [0.3, 0.4) is 0 Å². The molecular formula is C26H19BrCl2F3N5O2. The number of aromatic nitrogens is 4. The van der Waals surface area contributed by atoms with Crippen LogP contribution < -0.4 is 5.32 Å². The summed E-state index contributed by atoms with van der Waals surface area (Å²) < 4.78 is 49.2. The van der Waals surface area contributed by atoms with E-state index < -0.39 is 23.4 Å². The molecule has 202 valence electrons. The Hall–Kier alpha value is -2.89. The molecule has 2 heterocycles. The third-order valence-corrected chi connectivity index (χ3v) is 8.20. The number of alkyl halides is 3. The van der Waals surface area contributed by atoms with Gasteiger partial charge in [-0.15, -0.1) is 10.2 Å². The van der Waals surface area contributed by atoms with Crippen molar-refractivity contribution in [2.75, 3.05) is 0 Å². The van der Waals surface area contributed by atoms with Crippen LogP contribution in [0.2, 0.25) is 10.0 Å². The van der Waals surface area contributed by atoms with Crippen molar-refractivity contribution in [3.05, 3.63) is 68.4 Å². The molecule has 2 aromatic carbocycles. The summed E-state index contributed by atoms with van der Waals surface area (Å²) in [6.45, 7) is 0. The fourth-order valence-corrected chi connectivity index (χ4v) is 5.30. The van der Waals surface area contributed by atoms with Crippen molar-refractivity contribution in [3.63, 3.8) is 0 Å². The molecular weight excluding hydrogens is 622 g/mol. The molecule has 1 amide bonds. The first-order chi connectivity index (χ1) is 18.6. The van der Waals surface area contributed by atoms with E-state index >= 15 is 0 Å². The number of nitrogens with zero attached hydrogens (tertiary/aromatic N) is 4. The van der Waals surface area contributed by atoms with Crippen molar-refractivity contribution < 1.29 is 22.4 Å². The van der Waals surface area contributed by atoms with E-state index in [4.69, 9.17) is 27.6 Å². The molecule has 2 saturated carbocycles. The molecule has 0 unspecified atom stereocenters. The summed E-state index contributed by atoms with van der Waals surface area (Å²) in [5, 5.41) is 15.9. The van der Waals surface area contributed by atoms with E-state index in [-0.39, 0.29) is 41.1 Å². The van der Waals surface area contributed by atoms with Crippen molar-refractivity contribution >= 4 is 45.0 Å². The minimum absolute atomic E-state index is 0.0243. The SMILES string of the molecule is O=C(NC1CCC1)c1c(-c2nnc(C3(C(F)(F)F)CC3)o2)nn(-c2ccc(Cl)cc2Cl)c1-c1ccc(Br)cc1. The lowest BCUT2D eigenvalue weighted by Gasteiger charge is -2.26. The van der Waals surface area contributed by atoms with E-state index in [1.165, 1.54) is 10.7 Å². The van der Waals surface area contributed by atoms with Crippen molar-refractivity contribution in [2.45, 2.75) is 49.7 Å². The van der Waals surface area contributed by atoms with Crippen LogP contribution in [0.15, 0.2) is 51.4 Å². The van der Waals surface area contributed by atoms with Crippen LogP contribution in [0.25, 0.3) is 28.5 Å². The van der Waals surface area contributed by atoms with E-state index in [0.717, 1.165) is 23.7 Å². The van der Waals surface area contributed by atoms with E-state index in [1.807, 2.05) is 0 Å². The second-order valence-corrected chi connectivity index (χ2v) is 11.4. The van der Waals surface area contributed by atoms with Crippen LogP contribution in [-0.2, 0) is 5.41 Å². The van der Waals surface area contributed by atoms with Gasteiger partial charge >= 0.3 is 6.18 Å². The summed E-state index contributed by atoms with van der Waals surface area (Å²) in [6.07, 6.45) is -2.20. The summed E-state index contributed by atoms with van der Waals surface area (Å²) >= 11 is 16.1. The molecule has 2 fully saturated rings.